The lowest BCUT2D eigenvalue weighted by atomic mass is 10.1. The van der Waals surface area contributed by atoms with Gasteiger partial charge < -0.3 is 0 Å². The fourth-order valence-electron chi connectivity index (χ4n) is 6.49. The number of hydrogen-bond acceptors (Lipinski definition) is 6. The molecule has 6 aromatic carbocycles. The summed E-state index contributed by atoms with van der Waals surface area (Å²) in [5.41, 5.74) is 6.08. The van der Waals surface area contributed by atoms with Crippen molar-refractivity contribution in [3.05, 3.63) is 140 Å². The highest BCUT2D eigenvalue weighted by Crippen LogP contribution is 2.38. The first kappa shape index (κ1) is 26.5. The first-order chi connectivity index (χ1) is 23.3. The van der Waals surface area contributed by atoms with Gasteiger partial charge >= 0.3 is 0 Å². The molecule has 0 aliphatic carbocycles. The van der Waals surface area contributed by atoms with E-state index in [1.54, 1.807) is 22.7 Å². The van der Waals surface area contributed by atoms with Gasteiger partial charge in [0.2, 0.25) is 5.95 Å². The molecule has 4 heterocycles. The van der Waals surface area contributed by atoms with E-state index in [9.17, 15) is 0 Å². The number of thiazole rings is 1. The van der Waals surface area contributed by atoms with Crippen LogP contribution in [0.3, 0.4) is 0 Å². The van der Waals surface area contributed by atoms with E-state index in [1.165, 1.54) is 20.2 Å². The molecule has 0 atom stereocenters. The van der Waals surface area contributed by atoms with E-state index in [4.69, 9.17) is 19.9 Å². The average Bonchev–Trinajstić information content (AvgIpc) is 3.83. The van der Waals surface area contributed by atoms with Crippen LogP contribution in [0.15, 0.2) is 140 Å². The molecule has 0 saturated carbocycles. The molecule has 10 aromatic rings. The summed E-state index contributed by atoms with van der Waals surface area (Å²) in [6.07, 6.45) is 0. The van der Waals surface area contributed by atoms with Gasteiger partial charge in [-0.3, -0.25) is 4.57 Å². The Balaban J connectivity index is 1.21. The number of rotatable bonds is 4. The normalized spacial score (nSPS) is 11.8. The van der Waals surface area contributed by atoms with Gasteiger partial charge in [0.25, 0.3) is 0 Å². The molecule has 0 aliphatic rings. The van der Waals surface area contributed by atoms with Crippen LogP contribution < -0.4 is 0 Å². The van der Waals surface area contributed by atoms with Gasteiger partial charge in [0.15, 0.2) is 11.6 Å². The van der Waals surface area contributed by atoms with Crippen LogP contribution >= 0.6 is 22.7 Å². The van der Waals surface area contributed by atoms with Crippen molar-refractivity contribution < 1.29 is 0 Å². The van der Waals surface area contributed by atoms with E-state index in [2.05, 4.69) is 126 Å². The Morgan fingerprint density at radius 2 is 1.00 bits per heavy atom. The Kier molecular flexibility index (Phi) is 5.85. The zero-order chi connectivity index (χ0) is 30.9. The first-order valence-electron chi connectivity index (χ1n) is 15.4. The number of hydrogen-bond donors (Lipinski definition) is 0. The number of benzene rings is 6. The van der Waals surface area contributed by atoms with Crippen LogP contribution in [-0.4, -0.2) is 24.5 Å². The number of para-hydroxylation sites is 2. The summed E-state index contributed by atoms with van der Waals surface area (Å²) in [5, 5.41) is 5.84. The molecule has 0 amide bonds. The maximum absolute atomic E-state index is 5.17. The van der Waals surface area contributed by atoms with Crippen LogP contribution in [0.4, 0.5) is 0 Å². The zero-order valence-electron chi connectivity index (χ0n) is 24.8. The largest absolute Gasteiger partial charge is 0.278 e. The lowest BCUT2D eigenvalue weighted by molar-refractivity contribution is 0.954. The molecule has 0 aliphatic heterocycles. The van der Waals surface area contributed by atoms with Gasteiger partial charge in [-0.2, -0.15) is 9.97 Å². The second-order valence-corrected chi connectivity index (χ2v) is 13.6. The van der Waals surface area contributed by atoms with Crippen molar-refractivity contribution in [2.75, 3.05) is 0 Å². The molecule has 0 unspecified atom stereocenters. The second kappa shape index (κ2) is 10.4. The predicted octanol–water partition coefficient (Wildman–Crippen LogP) is 10.9. The molecular formula is C40H23N5S2. The van der Waals surface area contributed by atoms with Crippen LogP contribution in [0.2, 0.25) is 0 Å². The number of thiophene rings is 1. The average molecular weight is 638 g/mol. The number of fused-ring (bicyclic) bond motifs is 7. The van der Waals surface area contributed by atoms with E-state index < -0.39 is 0 Å². The van der Waals surface area contributed by atoms with Crippen molar-refractivity contribution in [1.29, 1.82) is 0 Å². The summed E-state index contributed by atoms with van der Waals surface area (Å²) in [6, 6.07) is 48.6. The van der Waals surface area contributed by atoms with Gasteiger partial charge in [-0.05, 0) is 42.5 Å². The zero-order valence-corrected chi connectivity index (χ0v) is 26.5. The second-order valence-electron chi connectivity index (χ2n) is 11.5. The molecule has 47 heavy (non-hydrogen) atoms. The minimum Gasteiger partial charge on any atom is -0.278 e. The summed E-state index contributed by atoms with van der Waals surface area (Å²) in [5.74, 6) is 1.86. The van der Waals surface area contributed by atoms with E-state index in [0.717, 1.165) is 53.7 Å². The molecule has 0 saturated heterocycles. The fraction of sp³-hybridized carbons (Fsp3) is 0. The van der Waals surface area contributed by atoms with Gasteiger partial charge in [0, 0.05) is 47.6 Å². The van der Waals surface area contributed by atoms with Gasteiger partial charge in [0.1, 0.15) is 5.01 Å². The van der Waals surface area contributed by atoms with Gasteiger partial charge in [-0.25, -0.2) is 9.97 Å². The highest BCUT2D eigenvalue weighted by Gasteiger charge is 2.19. The molecular weight excluding hydrogens is 615 g/mol. The summed E-state index contributed by atoms with van der Waals surface area (Å²) < 4.78 is 5.74. The highest BCUT2D eigenvalue weighted by atomic mass is 32.1. The Hall–Kier alpha value is -5.76. The van der Waals surface area contributed by atoms with Gasteiger partial charge in [-0.15, -0.1) is 22.7 Å². The Bertz CT molecular complexity index is 2760. The van der Waals surface area contributed by atoms with Crippen molar-refractivity contribution in [2.24, 2.45) is 0 Å². The molecule has 5 nitrogen and oxygen atoms in total. The smallest absolute Gasteiger partial charge is 0.238 e. The third kappa shape index (κ3) is 4.28. The van der Waals surface area contributed by atoms with Crippen LogP contribution in [-0.2, 0) is 0 Å². The maximum atomic E-state index is 5.17. The first-order valence-corrected chi connectivity index (χ1v) is 17.0. The van der Waals surface area contributed by atoms with Crippen molar-refractivity contribution in [3.63, 3.8) is 0 Å². The molecule has 220 valence electrons. The molecule has 0 fully saturated rings. The maximum Gasteiger partial charge on any atom is 0.238 e. The molecule has 0 radical (unpaired) electrons. The Morgan fingerprint density at radius 3 is 1.74 bits per heavy atom. The minimum absolute atomic E-state index is 0.591. The van der Waals surface area contributed by atoms with Crippen LogP contribution in [0.5, 0.6) is 0 Å². The molecule has 4 aromatic heterocycles. The number of nitrogens with zero attached hydrogens (tertiary/aromatic N) is 5. The predicted molar refractivity (Wildman–Crippen MR) is 197 cm³/mol. The number of aromatic nitrogens is 5. The van der Waals surface area contributed by atoms with E-state index in [0.29, 0.717) is 17.6 Å². The van der Waals surface area contributed by atoms with Gasteiger partial charge in [-0.1, -0.05) is 97.1 Å². The minimum atomic E-state index is 0.591. The third-order valence-corrected chi connectivity index (χ3v) is 10.9. The monoisotopic (exact) mass is 637 g/mol. The van der Waals surface area contributed by atoms with Crippen molar-refractivity contribution in [3.8, 4) is 39.3 Å². The molecule has 0 N–H and O–H groups in total. The quantitative estimate of drug-likeness (QED) is 0.193. The van der Waals surface area contributed by atoms with Crippen LogP contribution in [0.25, 0.3) is 91.5 Å². The Morgan fingerprint density at radius 1 is 0.404 bits per heavy atom. The lowest BCUT2D eigenvalue weighted by Crippen LogP contribution is -2.06. The topological polar surface area (TPSA) is 56.5 Å². The van der Waals surface area contributed by atoms with Crippen molar-refractivity contribution in [2.45, 2.75) is 0 Å². The highest BCUT2D eigenvalue weighted by molar-refractivity contribution is 7.25. The summed E-state index contributed by atoms with van der Waals surface area (Å²) in [7, 11) is 0. The SMILES string of the molecule is c1ccc(-c2nc3ccc(-c4nc(-c5ccc6c(c5)sc5ccccc56)nc(-n5c6ccccc6c6ccccc65)n4)cc3s2)cc1. The molecule has 0 spiro atoms. The van der Waals surface area contributed by atoms with Crippen LogP contribution in [0, 0.1) is 0 Å². The van der Waals surface area contributed by atoms with Gasteiger partial charge in [0.05, 0.1) is 21.3 Å². The third-order valence-electron chi connectivity index (χ3n) is 8.71. The lowest BCUT2D eigenvalue weighted by Gasteiger charge is -2.11. The van der Waals surface area contributed by atoms with E-state index >= 15 is 0 Å². The van der Waals surface area contributed by atoms with E-state index in [-0.39, 0.29) is 0 Å². The van der Waals surface area contributed by atoms with Crippen molar-refractivity contribution >= 4 is 74.9 Å². The standard InChI is InChI=1S/C40H23N5S2/c1-2-10-24(11-3-1)39-41-31-21-19-26(23-36(31)47-39)38-42-37(25-18-20-30-29-14-6-9-17-34(29)46-35(30)22-25)43-40(44-38)45-32-15-7-4-12-27(32)28-13-5-8-16-33(28)45/h1-23H. The van der Waals surface area contributed by atoms with Crippen molar-refractivity contribution in [1.82, 2.24) is 24.5 Å². The fourth-order valence-corrected chi connectivity index (χ4v) is 8.65. The molecule has 10 rings (SSSR count). The Labute approximate surface area is 277 Å². The summed E-state index contributed by atoms with van der Waals surface area (Å²) >= 11 is 3.48. The molecule has 7 heteroatoms. The molecule has 0 bridgehead atoms. The summed E-state index contributed by atoms with van der Waals surface area (Å²) in [4.78, 5) is 20.4. The van der Waals surface area contributed by atoms with Crippen LogP contribution in [0.1, 0.15) is 0 Å². The summed E-state index contributed by atoms with van der Waals surface area (Å²) in [6.45, 7) is 0. The van der Waals surface area contributed by atoms with E-state index in [1.807, 2.05) is 18.2 Å².